The Bertz CT molecular complexity index is 1000. The average molecular weight is 422 g/mol. The van der Waals surface area contributed by atoms with Crippen LogP contribution in [-0.2, 0) is 10.0 Å². The number of aromatic amines is 1. The number of likely N-dealkylation sites (tertiary alicyclic amines) is 1. The van der Waals surface area contributed by atoms with Gasteiger partial charge in [-0.05, 0) is 55.4 Å². The van der Waals surface area contributed by atoms with E-state index in [1.54, 1.807) is 21.3 Å². The summed E-state index contributed by atoms with van der Waals surface area (Å²) in [4.78, 5) is 14.6. The highest BCUT2D eigenvalue weighted by atomic mass is 35.5. The highest BCUT2D eigenvalue weighted by Crippen LogP contribution is 2.51. The number of nitrogens with one attached hydrogen (secondary N) is 1. The van der Waals surface area contributed by atoms with Gasteiger partial charge in [-0.2, -0.15) is 19.7 Å². The lowest BCUT2D eigenvalue weighted by Gasteiger charge is -2.26. The van der Waals surface area contributed by atoms with Crippen LogP contribution in [0.5, 0.6) is 0 Å². The molecule has 3 aliphatic heterocycles. The summed E-state index contributed by atoms with van der Waals surface area (Å²) in [7, 11) is -3.62. The lowest BCUT2D eigenvalue weighted by atomic mass is 9.82. The molecule has 148 valence electrons. The second-order valence-electron chi connectivity index (χ2n) is 7.90. The number of H-pyrrole nitrogens is 1. The van der Waals surface area contributed by atoms with Gasteiger partial charge in [-0.15, -0.1) is 0 Å². The van der Waals surface area contributed by atoms with Crippen molar-refractivity contribution in [2.45, 2.75) is 36.7 Å². The fourth-order valence-corrected chi connectivity index (χ4v) is 7.72. The molecule has 3 fully saturated rings. The minimum atomic E-state index is -3.62. The maximum Gasteiger partial charge on any atom is 0.276 e. The third-order valence-electron chi connectivity index (χ3n) is 6.33. The van der Waals surface area contributed by atoms with Crippen molar-refractivity contribution in [1.82, 2.24) is 24.6 Å². The zero-order valence-electron chi connectivity index (χ0n) is 15.2. The molecule has 0 spiro atoms. The highest BCUT2D eigenvalue weighted by molar-refractivity contribution is 7.89. The van der Waals surface area contributed by atoms with Gasteiger partial charge in [0.15, 0.2) is 5.69 Å². The van der Waals surface area contributed by atoms with Crippen molar-refractivity contribution in [3.05, 3.63) is 40.7 Å². The molecule has 1 aromatic heterocycles. The molecule has 28 heavy (non-hydrogen) atoms. The molecule has 1 N–H and O–H groups in total. The maximum absolute atomic E-state index is 13.4. The fourth-order valence-electron chi connectivity index (χ4n) is 5.28. The molecule has 1 amide bonds. The number of amides is 1. The van der Waals surface area contributed by atoms with Crippen LogP contribution in [0, 0.1) is 18.8 Å². The molecule has 10 heteroatoms. The Morgan fingerprint density at radius 3 is 2.43 bits per heavy atom. The van der Waals surface area contributed by atoms with Crippen molar-refractivity contribution in [3.63, 3.8) is 0 Å². The number of sulfonamides is 1. The van der Waals surface area contributed by atoms with Crippen LogP contribution < -0.4 is 0 Å². The molecule has 5 rings (SSSR count). The molecular weight excluding hydrogens is 402 g/mol. The molecule has 3 saturated heterocycles. The second kappa shape index (κ2) is 6.27. The van der Waals surface area contributed by atoms with Crippen molar-refractivity contribution in [1.29, 1.82) is 0 Å². The zero-order chi connectivity index (χ0) is 19.6. The Balaban J connectivity index is 1.42. The van der Waals surface area contributed by atoms with Gasteiger partial charge in [0, 0.05) is 30.2 Å². The molecular formula is C18H20ClN5O3S. The number of carbonyl (C=O) groups excluding carboxylic acids is 1. The van der Waals surface area contributed by atoms with E-state index in [1.807, 2.05) is 6.92 Å². The summed E-state index contributed by atoms with van der Waals surface area (Å²) in [6, 6.07) is 4.80. The van der Waals surface area contributed by atoms with E-state index in [-0.39, 0.29) is 34.7 Å². The average Bonchev–Trinajstić information content (AvgIpc) is 3.41. The van der Waals surface area contributed by atoms with Crippen molar-refractivity contribution >= 4 is 27.5 Å². The number of aryl methyl sites for hydroxylation is 1. The standard InChI is InChI=1S/C18H20ClN5O3S/c1-10-4-11(19)6-12(5-10)28(26,27)24-16-2-3-17(24)14-9-23(8-13(14)16)18(25)15-7-20-22-21-15/h4-7,13-14,16-17H,2-3,8-9H2,1H3,(H,20,21,22)/t13-,14+,16+,17-. The lowest BCUT2D eigenvalue weighted by Crippen LogP contribution is -2.41. The number of hydrogen-bond donors (Lipinski definition) is 1. The largest absolute Gasteiger partial charge is 0.336 e. The van der Waals surface area contributed by atoms with E-state index in [0.29, 0.717) is 23.8 Å². The molecule has 0 saturated carbocycles. The molecule has 3 aliphatic rings. The molecule has 0 radical (unpaired) electrons. The number of benzene rings is 1. The third kappa shape index (κ3) is 2.60. The van der Waals surface area contributed by atoms with Gasteiger partial charge in [0.1, 0.15) is 0 Å². The number of hydrogen-bond acceptors (Lipinski definition) is 5. The Hall–Kier alpha value is -1.97. The Morgan fingerprint density at radius 1 is 1.18 bits per heavy atom. The predicted molar refractivity (Wildman–Crippen MR) is 101 cm³/mol. The summed E-state index contributed by atoms with van der Waals surface area (Å²) in [5.74, 6) is 0.164. The van der Waals surface area contributed by atoms with E-state index in [4.69, 9.17) is 11.6 Å². The number of rotatable bonds is 3. The van der Waals surface area contributed by atoms with Gasteiger partial charge >= 0.3 is 0 Å². The molecule has 2 bridgehead atoms. The molecule has 8 nitrogen and oxygen atoms in total. The van der Waals surface area contributed by atoms with Crippen LogP contribution in [0.1, 0.15) is 28.9 Å². The quantitative estimate of drug-likeness (QED) is 0.812. The smallest absolute Gasteiger partial charge is 0.276 e. The van der Waals surface area contributed by atoms with E-state index in [2.05, 4.69) is 15.4 Å². The molecule has 0 aliphatic carbocycles. The molecule has 2 aromatic rings. The van der Waals surface area contributed by atoms with Gasteiger partial charge in [-0.3, -0.25) is 4.79 Å². The van der Waals surface area contributed by atoms with Crippen LogP contribution >= 0.6 is 11.6 Å². The minimum Gasteiger partial charge on any atom is -0.336 e. The van der Waals surface area contributed by atoms with Gasteiger partial charge in [0.25, 0.3) is 5.91 Å². The van der Waals surface area contributed by atoms with Crippen LogP contribution in [0.2, 0.25) is 5.02 Å². The molecule has 4 heterocycles. The highest BCUT2D eigenvalue weighted by Gasteiger charge is 2.60. The summed E-state index contributed by atoms with van der Waals surface area (Å²) >= 11 is 6.11. The molecule has 4 atom stereocenters. The van der Waals surface area contributed by atoms with Crippen molar-refractivity contribution in [2.75, 3.05) is 13.1 Å². The SMILES string of the molecule is Cc1cc(Cl)cc(S(=O)(=O)N2[C@@H]3CC[C@H]2[C@@H]2CN(C(=O)c4cn[nH]n4)C[C@@H]23)c1. The molecule has 0 unspecified atom stereocenters. The number of carbonyl (C=O) groups is 1. The number of nitrogens with zero attached hydrogens (tertiary/aromatic N) is 4. The first-order chi connectivity index (χ1) is 13.4. The van der Waals surface area contributed by atoms with Crippen LogP contribution in [0.15, 0.2) is 29.3 Å². The minimum absolute atomic E-state index is 0.0746. The fraction of sp³-hybridized carbons (Fsp3) is 0.500. The Kier molecular flexibility index (Phi) is 4.05. The van der Waals surface area contributed by atoms with E-state index in [0.717, 1.165) is 18.4 Å². The summed E-state index contributed by atoms with van der Waals surface area (Å²) in [6.45, 7) is 2.95. The topological polar surface area (TPSA) is 99.3 Å². The first kappa shape index (κ1) is 18.1. The summed E-state index contributed by atoms with van der Waals surface area (Å²) in [6.07, 6.45) is 3.08. The summed E-state index contributed by atoms with van der Waals surface area (Å²) < 4.78 is 28.5. The van der Waals surface area contributed by atoms with Crippen molar-refractivity contribution in [2.24, 2.45) is 11.8 Å². The van der Waals surface area contributed by atoms with Crippen LogP contribution in [-0.4, -0.2) is 64.1 Å². The first-order valence-electron chi connectivity index (χ1n) is 9.32. The number of fused-ring (bicyclic) bond motifs is 5. The van der Waals surface area contributed by atoms with Gasteiger partial charge in [-0.1, -0.05) is 11.6 Å². The van der Waals surface area contributed by atoms with Gasteiger partial charge < -0.3 is 4.90 Å². The number of aromatic nitrogens is 3. The van der Waals surface area contributed by atoms with E-state index in [1.165, 1.54) is 12.3 Å². The normalized spacial score (nSPS) is 29.4. The number of halogens is 1. The third-order valence-corrected chi connectivity index (χ3v) is 8.47. The second-order valence-corrected chi connectivity index (χ2v) is 10.2. The van der Waals surface area contributed by atoms with Gasteiger partial charge in [0.05, 0.1) is 11.1 Å². The van der Waals surface area contributed by atoms with E-state index in [9.17, 15) is 13.2 Å². The summed E-state index contributed by atoms with van der Waals surface area (Å²) in [5, 5.41) is 10.5. The predicted octanol–water partition coefficient (Wildman–Crippen LogP) is 1.69. The van der Waals surface area contributed by atoms with E-state index >= 15 is 0 Å². The van der Waals surface area contributed by atoms with Gasteiger partial charge in [-0.25, -0.2) is 8.42 Å². The molecule has 1 aromatic carbocycles. The van der Waals surface area contributed by atoms with Crippen molar-refractivity contribution < 1.29 is 13.2 Å². The van der Waals surface area contributed by atoms with Crippen LogP contribution in [0.3, 0.4) is 0 Å². The Morgan fingerprint density at radius 2 is 1.86 bits per heavy atom. The maximum atomic E-state index is 13.4. The van der Waals surface area contributed by atoms with Gasteiger partial charge in [0.2, 0.25) is 10.0 Å². The van der Waals surface area contributed by atoms with E-state index < -0.39 is 10.0 Å². The van der Waals surface area contributed by atoms with Crippen LogP contribution in [0.4, 0.5) is 0 Å². The zero-order valence-corrected chi connectivity index (χ0v) is 16.8. The lowest BCUT2D eigenvalue weighted by molar-refractivity contribution is 0.0767. The van der Waals surface area contributed by atoms with Crippen molar-refractivity contribution in [3.8, 4) is 0 Å². The first-order valence-corrected chi connectivity index (χ1v) is 11.1. The van der Waals surface area contributed by atoms with Crippen LogP contribution in [0.25, 0.3) is 0 Å². The Labute approximate surface area is 167 Å². The summed E-state index contributed by atoms with van der Waals surface area (Å²) in [5.41, 5.74) is 1.12. The monoisotopic (exact) mass is 421 g/mol.